The molecular formula is C13H16N2O3. The van der Waals surface area contributed by atoms with Gasteiger partial charge in [0, 0.05) is 24.3 Å². The Hall–Kier alpha value is -1.88. The highest BCUT2D eigenvalue weighted by atomic mass is 16.3. The number of benzene rings is 1. The van der Waals surface area contributed by atoms with Crippen LogP contribution in [0.4, 0.5) is 5.69 Å². The van der Waals surface area contributed by atoms with Gasteiger partial charge in [0.25, 0.3) is 0 Å². The Morgan fingerprint density at radius 2 is 2.11 bits per heavy atom. The number of carbonyl (C=O) groups is 2. The molecule has 96 valence electrons. The monoisotopic (exact) mass is 248 g/mol. The van der Waals surface area contributed by atoms with Crippen LogP contribution in [0.25, 0.3) is 0 Å². The van der Waals surface area contributed by atoms with Gasteiger partial charge in [-0.1, -0.05) is 0 Å². The zero-order chi connectivity index (χ0) is 13.1. The number of nitrogens with one attached hydrogen (secondary N) is 1. The summed E-state index contributed by atoms with van der Waals surface area (Å²) >= 11 is 0. The van der Waals surface area contributed by atoms with E-state index in [1.165, 1.54) is 6.92 Å². The highest BCUT2D eigenvalue weighted by molar-refractivity contribution is 5.94. The molecule has 1 amide bonds. The van der Waals surface area contributed by atoms with Gasteiger partial charge in [0.15, 0.2) is 5.78 Å². The Labute approximate surface area is 105 Å². The summed E-state index contributed by atoms with van der Waals surface area (Å²) < 4.78 is 0. The zero-order valence-corrected chi connectivity index (χ0v) is 10.2. The minimum absolute atomic E-state index is 0.0108. The minimum atomic E-state index is -0.554. The molecule has 1 unspecified atom stereocenters. The van der Waals surface area contributed by atoms with Crippen LogP contribution in [0.1, 0.15) is 17.3 Å². The normalized spacial score (nSPS) is 19.6. The van der Waals surface area contributed by atoms with Crippen LogP contribution < -0.4 is 10.2 Å². The maximum atomic E-state index is 11.6. The topological polar surface area (TPSA) is 69.6 Å². The fraction of sp³-hybridized carbons (Fsp3) is 0.385. The van der Waals surface area contributed by atoms with Gasteiger partial charge in [-0.2, -0.15) is 0 Å². The first-order valence-corrected chi connectivity index (χ1v) is 5.89. The van der Waals surface area contributed by atoms with Crippen molar-refractivity contribution in [3.05, 3.63) is 29.8 Å². The molecule has 1 aromatic rings. The third-order valence-electron chi connectivity index (χ3n) is 3.11. The fourth-order valence-corrected chi connectivity index (χ4v) is 2.09. The van der Waals surface area contributed by atoms with Crippen molar-refractivity contribution in [2.24, 2.45) is 0 Å². The van der Waals surface area contributed by atoms with Gasteiger partial charge < -0.3 is 15.3 Å². The molecule has 1 aliphatic heterocycles. The van der Waals surface area contributed by atoms with Crippen LogP contribution in [0.3, 0.4) is 0 Å². The lowest BCUT2D eigenvalue weighted by Gasteiger charge is -2.35. The summed E-state index contributed by atoms with van der Waals surface area (Å²) in [6.07, 6.45) is 0. The molecule has 1 atom stereocenters. The van der Waals surface area contributed by atoms with Crippen LogP contribution in [-0.2, 0) is 4.79 Å². The van der Waals surface area contributed by atoms with E-state index >= 15 is 0 Å². The van der Waals surface area contributed by atoms with Crippen molar-refractivity contribution in [1.29, 1.82) is 0 Å². The van der Waals surface area contributed by atoms with E-state index < -0.39 is 6.04 Å². The van der Waals surface area contributed by atoms with Gasteiger partial charge in [0.1, 0.15) is 6.04 Å². The standard InChI is InChI=1S/C13H16N2O3/c1-9(17)10-2-4-11(5-3-10)15-7-6-14-13(18)12(15)8-16/h2-5,12,16H,6-8H2,1H3,(H,14,18). The quantitative estimate of drug-likeness (QED) is 0.749. The molecule has 5 nitrogen and oxygen atoms in total. The molecule has 2 rings (SSSR count). The molecule has 1 heterocycles. The summed E-state index contributed by atoms with van der Waals surface area (Å²) in [6, 6.07) is 6.52. The van der Waals surface area contributed by atoms with Crippen LogP contribution >= 0.6 is 0 Å². The Balaban J connectivity index is 2.24. The van der Waals surface area contributed by atoms with Gasteiger partial charge in [-0.05, 0) is 31.2 Å². The largest absolute Gasteiger partial charge is 0.394 e. The highest BCUT2D eigenvalue weighted by Crippen LogP contribution is 2.19. The number of piperazine rings is 1. The average molecular weight is 248 g/mol. The molecule has 0 bridgehead atoms. The first-order valence-electron chi connectivity index (χ1n) is 5.89. The van der Waals surface area contributed by atoms with Crippen LogP contribution in [0, 0.1) is 0 Å². The summed E-state index contributed by atoms with van der Waals surface area (Å²) in [7, 11) is 0. The molecule has 1 aliphatic rings. The molecule has 1 aromatic carbocycles. The van der Waals surface area contributed by atoms with E-state index in [0.717, 1.165) is 5.69 Å². The van der Waals surface area contributed by atoms with E-state index in [1.54, 1.807) is 24.3 Å². The van der Waals surface area contributed by atoms with E-state index in [2.05, 4.69) is 5.32 Å². The third kappa shape index (κ3) is 2.36. The van der Waals surface area contributed by atoms with Gasteiger partial charge in [0.2, 0.25) is 5.91 Å². The molecule has 0 spiro atoms. The number of rotatable bonds is 3. The number of carbonyl (C=O) groups excluding carboxylic acids is 2. The number of amides is 1. The number of hydrogen-bond donors (Lipinski definition) is 2. The van der Waals surface area contributed by atoms with Gasteiger partial charge in [-0.15, -0.1) is 0 Å². The Morgan fingerprint density at radius 1 is 1.44 bits per heavy atom. The predicted molar refractivity (Wildman–Crippen MR) is 67.7 cm³/mol. The van der Waals surface area contributed by atoms with Crippen LogP contribution in [0.5, 0.6) is 0 Å². The van der Waals surface area contributed by atoms with Gasteiger partial charge in [0.05, 0.1) is 6.61 Å². The van der Waals surface area contributed by atoms with E-state index in [4.69, 9.17) is 0 Å². The van der Waals surface area contributed by atoms with Gasteiger partial charge in [-0.25, -0.2) is 0 Å². The number of ketones is 1. The molecule has 18 heavy (non-hydrogen) atoms. The Morgan fingerprint density at radius 3 is 2.67 bits per heavy atom. The lowest BCUT2D eigenvalue weighted by molar-refractivity contribution is -0.124. The predicted octanol–water partition coefficient (Wildman–Crippen LogP) is 0.186. The SMILES string of the molecule is CC(=O)c1ccc(N2CCNC(=O)C2CO)cc1. The zero-order valence-electron chi connectivity index (χ0n) is 10.2. The average Bonchev–Trinajstić information content (AvgIpc) is 2.38. The number of aliphatic hydroxyl groups is 1. The molecule has 2 N–H and O–H groups in total. The van der Waals surface area contributed by atoms with Crippen LogP contribution in [-0.4, -0.2) is 42.5 Å². The van der Waals surface area contributed by atoms with Crippen molar-refractivity contribution in [2.75, 3.05) is 24.6 Å². The second kappa shape index (κ2) is 5.18. The summed E-state index contributed by atoms with van der Waals surface area (Å²) in [6.45, 7) is 2.50. The van der Waals surface area contributed by atoms with Crippen molar-refractivity contribution in [3.63, 3.8) is 0 Å². The molecule has 1 saturated heterocycles. The van der Waals surface area contributed by atoms with Gasteiger partial charge in [-0.3, -0.25) is 9.59 Å². The fourth-order valence-electron chi connectivity index (χ4n) is 2.09. The lowest BCUT2D eigenvalue weighted by atomic mass is 10.1. The van der Waals surface area contributed by atoms with E-state index in [1.807, 2.05) is 4.90 Å². The van der Waals surface area contributed by atoms with Crippen molar-refractivity contribution in [2.45, 2.75) is 13.0 Å². The summed E-state index contributed by atoms with van der Waals surface area (Å²) in [5.41, 5.74) is 1.48. The van der Waals surface area contributed by atoms with Crippen LogP contribution in [0.2, 0.25) is 0 Å². The smallest absolute Gasteiger partial charge is 0.245 e. The number of anilines is 1. The van der Waals surface area contributed by atoms with Crippen molar-refractivity contribution < 1.29 is 14.7 Å². The molecule has 0 radical (unpaired) electrons. The molecular weight excluding hydrogens is 232 g/mol. The summed E-state index contributed by atoms with van der Waals surface area (Å²) in [5, 5.41) is 12.0. The number of aliphatic hydroxyl groups excluding tert-OH is 1. The molecule has 0 saturated carbocycles. The summed E-state index contributed by atoms with van der Waals surface area (Å²) in [5.74, 6) is -0.156. The number of nitrogens with zero attached hydrogens (tertiary/aromatic N) is 1. The molecule has 1 fully saturated rings. The number of Topliss-reactive ketones (excluding diaryl/α,β-unsaturated/α-hetero) is 1. The van der Waals surface area contributed by atoms with Crippen LogP contribution in [0.15, 0.2) is 24.3 Å². The second-order valence-corrected chi connectivity index (χ2v) is 4.29. The maximum absolute atomic E-state index is 11.6. The van der Waals surface area contributed by atoms with E-state index in [0.29, 0.717) is 18.7 Å². The lowest BCUT2D eigenvalue weighted by Crippen LogP contribution is -2.57. The summed E-state index contributed by atoms with van der Waals surface area (Å²) in [4.78, 5) is 24.7. The van der Waals surface area contributed by atoms with Gasteiger partial charge >= 0.3 is 0 Å². The Bertz CT molecular complexity index is 456. The molecule has 0 aliphatic carbocycles. The van der Waals surface area contributed by atoms with Crippen molar-refractivity contribution >= 4 is 17.4 Å². The first kappa shape index (κ1) is 12.6. The number of hydrogen-bond acceptors (Lipinski definition) is 4. The molecule has 5 heteroatoms. The second-order valence-electron chi connectivity index (χ2n) is 4.29. The minimum Gasteiger partial charge on any atom is -0.394 e. The maximum Gasteiger partial charge on any atom is 0.245 e. The van der Waals surface area contributed by atoms with Crippen molar-refractivity contribution in [3.8, 4) is 0 Å². The third-order valence-corrected chi connectivity index (χ3v) is 3.11. The van der Waals surface area contributed by atoms with E-state index in [9.17, 15) is 14.7 Å². The van der Waals surface area contributed by atoms with Crippen molar-refractivity contribution in [1.82, 2.24) is 5.32 Å². The van der Waals surface area contributed by atoms with E-state index in [-0.39, 0.29) is 18.3 Å². The Kier molecular flexibility index (Phi) is 3.62. The highest BCUT2D eigenvalue weighted by Gasteiger charge is 2.28. The first-order chi connectivity index (χ1) is 8.63. The molecule has 0 aromatic heterocycles.